The molecule has 0 amide bonds. The first-order valence-corrected chi connectivity index (χ1v) is 4.38. The van der Waals surface area contributed by atoms with Gasteiger partial charge in [-0.15, -0.1) is 11.3 Å². The van der Waals surface area contributed by atoms with Gasteiger partial charge in [0.2, 0.25) is 0 Å². The quantitative estimate of drug-likeness (QED) is 0.796. The average Bonchev–Trinajstić information content (AvgIpc) is 2.31. The van der Waals surface area contributed by atoms with Gasteiger partial charge in [-0.2, -0.15) is 0 Å². The van der Waals surface area contributed by atoms with E-state index in [-0.39, 0.29) is 0 Å². The molecule has 0 fully saturated rings. The summed E-state index contributed by atoms with van der Waals surface area (Å²) in [5.74, 6) is -0.964. The monoisotopic (exact) mass is 233 g/mol. The number of carboxylic acids is 1. The summed E-state index contributed by atoms with van der Waals surface area (Å²) in [6.07, 6.45) is 2.51. The fraction of sp³-hybridized carbons (Fsp3) is 0. The first-order chi connectivity index (χ1) is 5.18. The summed E-state index contributed by atoms with van der Waals surface area (Å²) in [6.45, 7) is 0. The van der Waals surface area contributed by atoms with Crippen LogP contribution in [0.5, 0.6) is 0 Å². The number of rotatable bonds is 2. The number of nitrogens with zero attached hydrogens (tertiary/aromatic N) is 1. The Labute approximate surface area is 75.5 Å². The van der Waals surface area contributed by atoms with E-state index in [1.807, 2.05) is 0 Å². The van der Waals surface area contributed by atoms with Gasteiger partial charge in [0.05, 0.1) is 5.69 Å². The Morgan fingerprint density at radius 1 is 1.82 bits per heavy atom. The molecule has 0 aliphatic heterocycles. The summed E-state index contributed by atoms with van der Waals surface area (Å²) < 4.78 is 0.752. The topological polar surface area (TPSA) is 50.2 Å². The Morgan fingerprint density at radius 2 is 2.55 bits per heavy atom. The highest BCUT2D eigenvalue weighted by Crippen LogP contribution is 2.16. The van der Waals surface area contributed by atoms with Crippen molar-refractivity contribution in [1.82, 2.24) is 4.98 Å². The molecule has 1 rings (SSSR count). The van der Waals surface area contributed by atoms with Gasteiger partial charge < -0.3 is 5.11 Å². The number of carboxylic acid groups (broad SMARTS) is 1. The van der Waals surface area contributed by atoms with Crippen molar-refractivity contribution in [2.75, 3.05) is 0 Å². The van der Waals surface area contributed by atoms with Crippen molar-refractivity contribution in [3.05, 3.63) is 21.1 Å². The number of carbonyl (C=O) groups is 1. The van der Waals surface area contributed by atoms with E-state index in [0.717, 1.165) is 9.99 Å². The number of hydrogen-bond acceptors (Lipinski definition) is 3. The highest BCUT2D eigenvalue weighted by molar-refractivity contribution is 9.11. The van der Waals surface area contributed by atoms with Crippen LogP contribution >= 0.6 is 27.3 Å². The summed E-state index contributed by atoms with van der Waals surface area (Å²) in [4.78, 5) is 14.0. The van der Waals surface area contributed by atoms with E-state index >= 15 is 0 Å². The number of aliphatic carboxylic acids is 1. The van der Waals surface area contributed by atoms with Gasteiger partial charge in [0.25, 0.3) is 0 Å². The van der Waals surface area contributed by atoms with E-state index < -0.39 is 5.97 Å². The minimum absolute atomic E-state index is 0.657. The van der Waals surface area contributed by atoms with Crippen LogP contribution in [0.15, 0.2) is 15.4 Å². The molecule has 11 heavy (non-hydrogen) atoms. The highest BCUT2D eigenvalue weighted by atomic mass is 79.9. The Balaban J connectivity index is 2.71. The molecule has 5 heteroatoms. The molecule has 0 aliphatic rings. The molecule has 1 N–H and O–H groups in total. The van der Waals surface area contributed by atoms with Gasteiger partial charge in [-0.05, 0) is 22.0 Å². The van der Waals surface area contributed by atoms with Crippen LogP contribution in [-0.4, -0.2) is 16.1 Å². The zero-order valence-electron chi connectivity index (χ0n) is 5.32. The van der Waals surface area contributed by atoms with Crippen molar-refractivity contribution < 1.29 is 9.90 Å². The summed E-state index contributed by atoms with van der Waals surface area (Å²) in [7, 11) is 0. The molecule has 0 saturated heterocycles. The Hall–Kier alpha value is -0.680. The number of halogens is 1. The third-order valence-corrected chi connectivity index (χ3v) is 2.27. The van der Waals surface area contributed by atoms with Gasteiger partial charge in [0.1, 0.15) is 0 Å². The molecular formula is C6H4BrNO2S. The van der Waals surface area contributed by atoms with Crippen molar-refractivity contribution in [2.45, 2.75) is 0 Å². The molecular weight excluding hydrogens is 230 g/mol. The highest BCUT2D eigenvalue weighted by Gasteiger charge is 1.94. The molecule has 0 unspecified atom stereocenters. The Bertz CT molecular complexity index is 295. The molecule has 0 bridgehead atoms. The third kappa shape index (κ3) is 2.81. The predicted molar refractivity (Wildman–Crippen MR) is 46.5 cm³/mol. The molecule has 1 aromatic rings. The van der Waals surface area contributed by atoms with Gasteiger partial charge >= 0.3 is 5.97 Å². The standard InChI is InChI=1S/C6H4BrNO2S/c7-6-8-4(3-11-6)1-2-5(9)10/h1-3H,(H,9,10). The molecule has 0 spiro atoms. The summed E-state index contributed by atoms with van der Waals surface area (Å²) in [5.41, 5.74) is 0.657. The molecule has 0 atom stereocenters. The van der Waals surface area contributed by atoms with Gasteiger partial charge in [0, 0.05) is 11.5 Å². The van der Waals surface area contributed by atoms with Gasteiger partial charge in [-0.1, -0.05) is 0 Å². The normalized spacial score (nSPS) is 10.6. The molecule has 1 aromatic heterocycles. The zero-order chi connectivity index (χ0) is 8.27. The van der Waals surface area contributed by atoms with Crippen molar-refractivity contribution in [1.29, 1.82) is 0 Å². The molecule has 0 radical (unpaired) electrons. The van der Waals surface area contributed by atoms with Crippen LogP contribution in [0.2, 0.25) is 0 Å². The lowest BCUT2D eigenvalue weighted by atomic mass is 10.4. The van der Waals surface area contributed by atoms with Gasteiger partial charge in [-0.25, -0.2) is 9.78 Å². The number of aromatic nitrogens is 1. The van der Waals surface area contributed by atoms with Crippen LogP contribution in [0, 0.1) is 0 Å². The van der Waals surface area contributed by atoms with Crippen LogP contribution in [0.25, 0.3) is 6.08 Å². The van der Waals surface area contributed by atoms with E-state index in [1.165, 1.54) is 17.4 Å². The van der Waals surface area contributed by atoms with Crippen LogP contribution in [0.1, 0.15) is 5.69 Å². The second kappa shape index (κ2) is 3.64. The third-order valence-electron chi connectivity index (χ3n) is 0.891. The van der Waals surface area contributed by atoms with Crippen LogP contribution in [0.4, 0.5) is 0 Å². The smallest absolute Gasteiger partial charge is 0.328 e. The number of hydrogen-bond donors (Lipinski definition) is 1. The minimum Gasteiger partial charge on any atom is -0.478 e. The summed E-state index contributed by atoms with van der Waals surface area (Å²) in [6, 6.07) is 0. The largest absolute Gasteiger partial charge is 0.478 e. The van der Waals surface area contributed by atoms with E-state index in [1.54, 1.807) is 5.38 Å². The summed E-state index contributed by atoms with van der Waals surface area (Å²) >= 11 is 4.58. The fourth-order valence-electron chi connectivity index (χ4n) is 0.496. The molecule has 0 aliphatic carbocycles. The SMILES string of the molecule is O=C(O)C=Cc1csc(Br)n1. The molecule has 3 nitrogen and oxygen atoms in total. The lowest BCUT2D eigenvalue weighted by Crippen LogP contribution is -1.85. The lowest BCUT2D eigenvalue weighted by Gasteiger charge is -1.78. The second-order valence-corrected chi connectivity index (χ2v) is 3.83. The maximum absolute atomic E-state index is 10.1. The Morgan fingerprint density at radius 3 is 3.00 bits per heavy atom. The maximum Gasteiger partial charge on any atom is 0.328 e. The first kappa shape index (κ1) is 8.42. The first-order valence-electron chi connectivity index (χ1n) is 2.70. The molecule has 58 valence electrons. The van der Waals surface area contributed by atoms with E-state index in [4.69, 9.17) is 5.11 Å². The molecule has 0 saturated carbocycles. The predicted octanol–water partition coefficient (Wildman–Crippen LogP) is 2.00. The van der Waals surface area contributed by atoms with Crippen molar-refractivity contribution in [3.8, 4) is 0 Å². The van der Waals surface area contributed by atoms with Crippen LogP contribution < -0.4 is 0 Å². The zero-order valence-corrected chi connectivity index (χ0v) is 7.72. The van der Waals surface area contributed by atoms with Gasteiger partial charge in [0.15, 0.2) is 3.92 Å². The van der Waals surface area contributed by atoms with Crippen molar-refractivity contribution in [2.24, 2.45) is 0 Å². The minimum atomic E-state index is -0.964. The van der Waals surface area contributed by atoms with E-state index in [9.17, 15) is 4.79 Å². The maximum atomic E-state index is 10.1. The van der Waals surface area contributed by atoms with Crippen molar-refractivity contribution >= 4 is 39.3 Å². The second-order valence-electron chi connectivity index (χ2n) is 1.70. The van der Waals surface area contributed by atoms with Gasteiger partial charge in [-0.3, -0.25) is 0 Å². The average molecular weight is 234 g/mol. The van der Waals surface area contributed by atoms with E-state index in [2.05, 4.69) is 20.9 Å². The number of thiazole rings is 1. The van der Waals surface area contributed by atoms with Crippen molar-refractivity contribution in [3.63, 3.8) is 0 Å². The summed E-state index contributed by atoms with van der Waals surface area (Å²) in [5, 5.41) is 10.0. The fourth-order valence-corrected chi connectivity index (χ4v) is 1.49. The molecule has 0 aromatic carbocycles. The van der Waals surface area contributed by atoms with E-state index in [0.29, 0.717) is 5.69 Å². The van der Waals surface area contributed by atoms with Crippen LogP contribution in [-0.2, 0) is 4.79 Å². The van der Waals surface area contributed by atoms with Crippen LogP contribution in [0.3, 0.4) is 0 Å². The molecule has 1 heterocycles. The lowest BCUT2D eigenvalue weighted by molar-refractivity contribution is -0.131. The Kier molecular flexibility index (Phi) is 2.78.